The van der Waals surface area contributed by atoms with Crippen molar-refractivity contribution < 1.29 is 14.3 Å². The molecular formula is C14H18N4O4. The van der Waals surface area contributed by atoms with Crippen LogP contribution in [0.1, 0.15) is 12.8 Å². The van der Waals surface area contributed by atoms with Gasteiger partial charge in [0.05, 0.1) is 13.1 Å². The summed E-state index contributed by atoms with van der Waals surface area (Å²) in [5.74, 6) is -0.167. The van der Waals surface area contributed by atoms with E-state index in [1.165, 1.54) is 21.9 Å². The summed E-state index contributed by atoms with van der Waals surface area (Å²) in [4.78, 5) is 42.4. The summed E-state index contributed by atoms with van der Waals surface area (Å²) < 4.78 is 6.74. The van der Waals surface area contributed by atoms with E-state index in [1.807, 2.05) is 0 Å². The first-order valence-corrected chi connectivity index (χ1v) is 7.22. The number of hydrogen-bond acceptors (Lipinski definition) is 5. The second kappa shape index (κ2) is 5.43. The Morgan fingerprint density at radius 1 is 1.41 bits per heavy atom. The van der Waals surface area contributed by atoms with Crippen molar-refractivity contribution in [3.8, 4) is 0 Å². The molecule has 0 bridgehead atoms. The van der Waals surface area contributed by atoms with Crippen molar-refractivity contribution in [3.63, 3.8) is 0 Å². The van der Waals surface area contributed by atoms with E-state index in [0.717, 1.165) is 12.8 Å². The van der Waals surface area contributed by atoms with Crippen molar-refractivity contribution >= 4 is 12.0 Å². The fraction of sp³-hybridized carbons (Fsp3) is 0.571. The smallest absolute Gasteiger partial charge is 0.410 e. The van der Waals surface area contributed by atoms with Gasteiger partial charge in [0.1, 0.15) is 12.1 Å². The number of likely N-dealkylation sites (tertiary alicyclic amines) is 1. The van der Waals surface area contributed by atoms with Crippen LogP contribution in [-0.2, 0) is 16.1 Å². The molecule has 2 aliphatic rings. The average molecular weight is 306 g/mol. The van der Waals surface area contributed by atoms with Crippen LogP contribution < -0.4 is 5.69 Å². The van der Waals surface area contributed by atoms with E-state index in [-0.39, 0.29) is 18.5 Å². The lowest BCUT2D eigenvalue weighted by Gasteiger charge is -2.38. The summed E-state index contributed by atoms with van der Waals surface area (Å²) in [5, 5.41) is 0. The first-order valence-electron chi connectivity index (χ1n) is 7.22. The number of amides is 2. The SMILES string of the molecule is CN1C[C@]2(CCCN(C(=O)Cn3cccnc3=O)C2)OC1=O. The lowest BCUT2D eigenvalue weighted by Crippen LogP contribution is -2.53. The summed E-state index contributed by atoms with van der Waals surface area (Å²) in [6.07, 6.45) is 4.11. The number of hydrogen-bond donors (Lipinski definition) is 0. The number of ether oxygens (including phenoxy) is 1. The molecule has 118 valence electrons. The Bertz CT molecular complexity index is 658. The molecule has 3 rings (SSSR count). The molecular weight excluding hydrogens is 288 g/mol. The van der Waals surface area contributed by atoms with E-state index >= 15 is 0 Å². The summed E-state index contributed by atoms with van der Waals surface area (Å²) in [6.45, 7) is 1.42. The number of aromatic nitrogens is 2. The van der Waals surface area contributed by atoms with Gasteiger partial charge < -0.3 is 14.5 Å². The highest BCUT2D eigenvalue weighted by Crippen LogP contribution is 2.31. The van der Waals surface area contributed by atoms with E-state index in [4.69, 9.17) is 4.74 Å². The van der Waals surface area contributed by atoms with Gasteiger partial charge in [-0.25, -0.2) is 14.6 Å². The zero-order valence-electron chi connectivity index (χ0n) is 12.4. The van der Waals surface area contributed by atoms with E-state index in [0.29, 0.717) is 19.6 Å². The highest BCUT2D eigenvalue weighted by atomic mass is 16.6. The zero-order chi connectivity index (χ0) is 15.7. The van der Waals surface area contributed by atoms with E-state index in [2.05, 4.69) is 4.98 Å². The van der Waals surface area contributed by atoms with Gasteiger partial charge in [-0.3, -0.25) is 9.36 Å². The Hall–Kier alpha value is -2.38. The minimum absolute atomic E-state index is 0.0491. The van der Waals surface area contributed by atoms with E-state index < -0.39 is 11.3 Å². The molecule has 3 heterocycles. The summed E-state index contributed by atoms with van der Waals surface area (Å²) in [7, 11) is 1.69. The quantitative estimate of drug-likeness (QED) is 0.748. The van der Waals surface area contributed by atoms with Crippen LogP contribution in [0, 0.1) is 0 Å². The van der Waals surface area contributed by atoms with E-state index in [1.54, 1.807) is 18.0 Å². The Kier molecular flexibility index (Phi) is 3.59. The Morgan fingerprint density at radius 3 is 2.91 bits per heavy atom. The van der Waals surface area contributed by atoms with Crippen LogP contribution in [0.25, 0.3) is 0 Å². The van der Waals surface area contributed by atoms with Gasteiger partial charge in [-0.1, -0.05) is 0 Å². The third-order valence-corrected chi connectivity index (χ3v) is 4.12. The van der Waals surface area contributed by atoms with Crippen LogP contribution in [0.3, 0.4) is 0 Å². The first kappa shape index (κ1) is 14.6. The largest absolute Gasteiger partial charge is 0.439 e. The van der Waals surface area contributed by atoms with Gasteiger partial charge in [0, 0.05) is 26.0 Å². The van der Waals surface area contributed by atoms with Gasteiger partial charge in [0.2, 0.25) is 5.91 Å². The van der Waals surface area contributed by atoms with Crippen molar-refractivity contribution in [2.75, 3.05) is 26.7 Å². The van der Waals surface area contributed by atoms with E-state index in [9.17, 15) is 14.4 Å². The maximum Gasteiger partial charge on any atom is 0.410 e. The standard InChI is InChI=1S/C14H18N4O4/c1-16-9-14(22-13(16)21)4-2-6-18(10-14)11(19)8-17-7-3-5-15-12(17)20/h3,5,7H,2,4,6,8-10H2,1H3/t14-/m0/s1. The minimum atomic E-state index is -0.611. The molecule has 2 saturated heterocycles. The average Bonchev–Trinajstić information content (AvgIpc) is 2.75. The fourth-order valence-corrected chi connectivity index (χ4v) is 3.07. The zero-order valence-corrected chi connectivity index (χ0v) is 12.4. The Balaban J connectivity index is 1.70. The molecule has 0 radical (unpaired) electrons. The predicted octanol–water partition coefficient (Wildman–Crippen LogP) is -0.313. The molecule has 0 N–H and O–H groups in total. The summed E-state index contributed by atoms with van der Waals surface area (Å²) in [6, 6.07) is 1.61. The number of rotatable bonds is 2. The highest BCUT2D eigenvalue weighted by Gasteiger charge is 2.47. The van der Waals surface area contributed by atoms with Crippen LogP contribution in [0.2, 0.25) is 0 Å². The van der Waals surface area contributed by atoms with Crippen LogP contribution in [0.5, 0.6) is 0 Å². The normalized spacial score (nSPS) is 24.7. The maximum absolute atomic E-state index is 12.4. The molecule has 22 heavy (non-hydrogen) atoms. The van der Waals surface area contributed by atoms with Crippen LogP contribution in [0.15, 0.2) is 23.3 Å². The molecule has 8 nitrogen and oxygen atoms in total. The van der Waals surface area contributed by atoms with Gasteiger partial charge >= 0.3 is 11.8 Å². The molecule has 0 aromatic carbocycles. The van der Waals surface area contributed by atoms with Gasteiger partial charge in [-0.15, -0.1) is 0 Å². The summed E-state index contributed by atoms with van der Waals surface area (Å²) in [5.41, 5.74) is -1.06. The molecule has 0 unspecified atom stereocenters. The fourth-order valence-electron chi connectivity index (χ4n) is 3.07. The topological polar surface area (TPSA) is 84.7 Å². The third-order valence-electron chi connectivity index (χ3n) is 4.12. The molecule has 0 aliphatic carbocycles. The third kappa shape index (κ3) is 2.68. The minimum Gasteiger partial charge on any atom is -0.439 e. The molecule has 2 aliphatic heterocycles. The van der Waals surface area contributed by atoms with Crippen molar-refractivity contribution in [2.24, 2.45) is 0 Å². The van der Waals surface area contributed by atoms with Crippen molar-refractivity contribution in [1.29, 1.82) is 0 Å². The van der Waals surface area contributed by atoms with Crippen LogP contribution in [0.4, 0.5) is 4.79 Å². The number of likely N-dealkylation sites (N-methyl/N-ethyl adjacent to an activating group) is 1. The molecule has 2 amide bonds. The monoisotopic (exact) mass is 306 g/mol. The van der Waals surface area contributed by atoms with Gasteiger partial charge in [-0.2, -0.15) is 0 Å². The predicted molar refractivity (Wildman–Crippen MR) is 76.2 cm³/mol. The number of carbonyl (C=O) groups excluding carboxylic acids is 2. The second-order valence-electron chi connectivity index (χ2n) is 5.86. The Morgan fingerprint density at radius 2 is 2.23 bits per heavy atom. The molecule has 8 heteroatoms. The molecule has 2 fully saturated rings. The molecule has 1 aromatic rings. The molecule has 1 atom stereocenters. The van der Waals surface area contributed by atoms with Crippen molar-refractivity contribution in [2.45, 2.75) is 25.0 Å². The van der Waals surface area contributed by atoms with Crippen LogP contribution >= 0.6 is 0 Å². The molecule has 1 aromatic heterocycles. The highest BCUT2D eigenvalue weighted by molar-refractivity contribution is 5.76. The second-order valence-corrected chi connectivity index (χ2v) is 5.86. The molecule has 1 spiro atoms. The number of piperidine rings is 1. The number of carbonyl (C=O) groups is 2. The van der Waals surface area contributed by atoms with Gasteiger partial charge in [0.25, 0.3) is 0 Å². The molecule has 0 saturated carbocycles. The maximum atomic E-state index is 12.4. The lowest BCUT2D eigenvalue weighted by atomic mass is 9.92. The Labute approximate surface area is 127 Å². The first-order chi connectivity index (χ1) is 10.5. The summed E-state index contributed by atoms with van der Waals surface area (Å²) >= 11 is 0. The lowest BCUT2D eigenvalue weighted by molar-refractivity contribution is -0.137. The van der Waals surface area contributed by atoms with Gasteiger partial charge in [-0.05, 0) is 18.9 Å². The van der Waals surface area contributed by atoms with Crippen molar-refractivity contribution in [1.82, 2.24) is 19.4 Å². The number of nitrogens with zero attached hydrogens (tertiary/aromatic N) is 4. The van der Waals surface area contributed by atoms with Gasteiger partial charge in [0.15, 0.2) is 0 Å². The van der Waals surface area contributed by atoms with Crippen LogP contribution in [-0.4, -0.2) is 63.6 Å². The van der Waals surface area contributed by atoms with Crippen molar-refractivity contribution in [3.05, 3.63) is 28.9 Å².